The third-order valence-electron chi connectivity index (χ3n) is 4.75. The first-order chi connectivity index (χ1) is 11.4. The number of anilines is 1. The van der Waals surface area contributed by atoms with Crippen LogP contribution in [-0.4, -0.2) is 35.0 Å². The number of aromatic nitrogens is 2. The van der Waals surface area contributed by atoms with Crippen molar-refractivity contribution < 1.29 is 9.52 Å². The maximum atomic E-state index is 10.1. The largest absolute Gasteiger partial charge is 0.407 e. The van der Waals surface area contributed by atoms with Crippen LogP contribution in [0.1, 0.15) is 45.1 Å². The van der Waals surface area contributed by atoms with Gasteiger partial charge in [-0.3, -0.25) is 0 Å². The van der Waals surface area contributed by atoms with Crippen molar-refractivity contribution in [1.82, 2.24) is 10.2 Å². The molecule has 24 heavy (non-hydrogen) atoms. The Kier molecular flexibility index (Phi) is 4.63. The van der Waals surface area contributed by atoms with Crippen LogP contribution < -0.4 is 4.90 Å². The van der Waals surface area contributed by atoms with Gasteiger partial charge in [0.15, 0.2) is 0 Å². The normalized spacial score (nSPS) is 21.9. The van der Waals surface area contributed by atoms with Gasteiger partial charge < -0.3 is 14.4 Å². The van der Waals surface area contributed by atoms with Gasteiger partial charge in [-0.05, 0) is 24.8 Å². The summed E-state index contributed by atoms with van der Waals surface area (Å²) in [6.45, 7) is 7.99. The number of aliphatic hydroxyl groups excluding tert-OH is 1. The molecule has 1 aliphatic rings. The quantitative estimate of drug-likeness (QED) is 0.933. The molecule has 5 nitrogen and oxygen atoms in total. The van der Waals surface area contributed by atoms with Crippen LogP contribution in [0.4, 0.5) is 6.01 Å². The summed E-state index contributed by atoms with van der Waals surface area (Å²) in [6, 6.07) is 10.9. The maximum Gasteiger partial charge on any atom is 0.318 e. The molecule has 0 radical (unpaired) electrons. The number of nitrogens with zero attached hydrogens (tertiary/aromatic N) is 3. The molecule has 0 bridgehead atoms. The van der Waals surface area contributed by atoms with E-state index in [1.54, 1.807) is 0 Å². The van der Waals surface area contributed by atoms with E-state index < -0.39 is 0 Å². The van der Waals surface area contributed by atoms with Crippen LogP contribution in [-0.2, 0) is 11.8 Å². The molecule has 1 aromatic carbocycles. The minimum Gasteiger partial charge on any atom is -0.407 e. The Hall–Kier alpha value is -1.88. The van der Waals surface area contributed by atoms with Crippen LogP contribution in [0.5, 0.6) is 0 Å². The smallest absolute Gasteiger partial charge is 0.318 e. The Morgan fingerprint density at radius 1 is 1.21 bits per heavy atom. The topological polar surface area (TPSA) is 62.4 Å². The number of rotatable bonds is 4. The van der Waals surface area contributed by atoms with E-state index in [1.165, 1.54) is 5.56 Å². The first-order valence-corrected chi connectivity index (χ1v) is 8.66. The van der Waals surface area contributed by atoms with Crippen molar-refractivity contribution in [2.45, 2.75) is 45.4 Å². The van der Waals surface area contributed by atoms with Crippen LogP contribution in [0, 0.1) is 5.41 Å². The van der Waals surface area contributed by atoms with Gasteiger partial charge in [0.25, 0.3) is 0 Å². The minimum atomic E-state index is -0.157. The highest BCUT2D eigenvalue weighted by molar-refractivity contribution is 5.28. The average Bonchev–Trinajstić information content (AvgIpc) is 3.06. The van der Waals surface area contributed by atoms with Crippen molar-refractivity contribution >= 4 is 6.01 Å². The van der Waals surface area contributed by atoms with Gasteiger partial charge in [-0.25, -0.2) is 0 Å². The maximum absolute atomic E-state index is 10.1. The molecule has 0 aliphatic carbocycles. The minimum absolute atomic E-state index is 0.154. The molecule has 0 spiro atoms. The number of piperidine rings is 1. The van der Waals surface area contributed by atoms with E-state index in [2.05, 4.69) is 60.1 Å². The number of hydrogen-bond donors (Lipinski definition) is 1. The lowest BCUT2D eigenvalue weighted by Gasteiger charge is -2.41. The fourth-order valence-electron chi connectivity index (χ4n) is 3.38. The molecule has 1 fully saturated rings. The first-order valence-electron chi connectivity index (χ1n) is 8.66. The Morgan fingerprint density at radius 2 is 1.96 bits per heavy atom. The van der Waals surface area contributed by atoms with E-state index >= 15 is 0 Å². The van der Waals surface area contributed by atoms with E-state index in [9.17, 15) is 5.11 Å². The zero-order valence-corrected chi connectivity index (χ0v) is 14.8. The second-order valence-electron chi connectivity index (χ2n) is 7.99. The highest BCUT2D eigenvalue weighted by Crippen LogP contribution is 2.35. The number of hydrogen-bond acceptors (Lipinski definition) is 5. The molecule has 3 rings (SSSR count). The van der Waals surface area contributed by atoms with E-state index in [0.29, 0.717) is 11.9 Å². The third-order valence-corrected chi connectivity index (χ3v) is 4.75. The Bertz CT molecular complexity index is 663. The molecule has 130 valence electrons. The highest BCUT2D eigenvalue weighted by atomic mass is 16.4. The van der Waals surface area contributed by atoms with Crippen molar-refractivity contribution in [3.05, 3.63) is 41.8 Å². The average molecular weight is 329 g/mol. The molecular weight excluding hydrogens is 302 g/mol. The van der Waals surface area contributed by atoms with E-state index in [-0.39, 0.29) is 17.4 Å². The molecule has 1 aliphatic heterocycles. The van der Waals surface area contributed by atoms with Crippen molar-refractivity contribution in [3.8, 4) is 0 Å². The monoisotopic (exact) mass is 329 g/mol. The first kappa shape index (κ1) is 17.0. The summed E-state index contributed by atoms with van der Waals surface area (Å²) in [7, 11) is 0. The van der Waals surface area contributed by atoms with Gasteiger partial charge in [0, 0.05) is 23.9 Å². The summed E-state index contributed by atoms with van der Waals surface area (Å²) in [5, 5.41) is 18.5. The molecular formula is C19H27N3O2. The van der Waals surface area contributed by atoms with Crippen molar-refractivity contribution in [3.63, 3.8) is 0 Å². The fraction of sp³-hybridized carbons (Fsp3) is 0.579. The van der Waals surface area contributed by atoms with Crippen LogP contribution >= 0.6 is 0 Å². The number of aliphatic hydroxyl groups is 1. The summed E-state index contributed by atoms with van der Waals surface area (Å²) >= 11 is 0. The summed E-state index contributed by atoms with van der Waals surface area (Å²) in [6.07, 6.45) is 2.89. The van der Waals surface area contributed by atoms with E-state index in [1.807, 2.05) is 6.07 Å². The Labute approximate surface area is 143 Å². The van der Waals surface area contributed by atoms with Crippen molar-refractivity contribution in [2.24, 2.45) is 5.41 Å². The zero-order valence-electron chi connectivity index (χ0n) is 14.8. The summed E-state index contributed by atoms with van der Waals surface area (Å²) in [5.41, 5.74) is 0.948. The van der Waals surface area contributed by atoms with Gasteiger partial charge in [0.2, 0.25) is 5.89 Å². The second-order valence-corrected chi connectivity index (χ2v) is 7.99. The standard InChI is InChI=1S/C19H27N3O2/c1-18(2,3)16-20-21-17(24-16)22-11-7-10-19(13-22,14-23)12-15-8-5-4-6-9-15/h4-6,8-9,23H,7,10-14H2,1-3H3. The Balaban J connectivity index is 1.78. The SMILES string of the molecule is CC(C)(C)c1nnc(N2CCCC(CO)(Cc3ccccc3)C2)o1. The van der Waals surface area contributed by atoms with Crippen LogP contribution in [0.2, 0.25) is 0 Å². The second kappa shape index (κ2) is 6.55. The van der Waals surface area contributed by atoms with Crippen LogP contribution in [0.3, 0.4) is 0 Å². The Morgan fingerprint density at radius 3 is 2.58 bits per heavy atom. The van der Waals surface area contributed by atoms with Crippen LogP contribution in [0.25, 0.3) is 0 Å². The molecule has 0 saturated carbocycles. The summed E-state index contributed by atoms with van der Waals surface area (Å²) < 4.78 is 5.90. The van der Waals surface area contributed by atoms with Gasteiger partial charge in [-0.15, -0.1) is 5.10 Å². The van der Waals surface area contributed by atoms with Gasteiger partial charge in [-0.2, -0.15) is 0 Å². The number of benzene rings is 1. The van der Waals surface area contributed by atoms with Gasteiger partial charge >= 0.3 is 6.01 Å². The molecule has 1 saturated heterocycles. The molecule has 5 heteroatoms. The molecule has 1 N–H and O–H groups in total. The van der Waals surface area contributed by atoms with Crippen LogP contribution in [0.15, 0.2) is 34.7 Å². The van der Waals surface area contributed by atoms with E-state index in [4.69, 9.17) is 4.42 Å². The lowest BCUT2D eigenvalue weighted by atomic mass is 9.76. The van der Waals surface area contributed by atoms with E-state index in [0.717, 1.165) is 32.4 Å². The molecule has 1 aromatic heterocycles. The molecule has 2 aromatic rings. The molecule has 1 unspecified atom stereocenters. The highest BCUT2D eigenvalue weighted by Gasteiger charge is 2.37. The predicted octanol–water partition coefficient (Wildman–Crippen LogP) is 3.19. The molecule has 2 heterocycles. The lowest BCUT2D eigenvalue weighted by Crippen LogP contribution is -2.47. The molecule has 0 amide bonds. The van der Waals surface area contributed by atoms with Gasteiger partial charge in [-0.1, -0.05) is 56.2 Å². The summed E-state index contributed by atoms with van der Waals surface area (Å²) in [4.78, 5) is 2.13. The third kappa shape index (κ3) is 3.61. The summed E-state index contributed by atoms with van der Waals surface area (Å²) in [5.74, 6) is 0.653. The van der Waals surface area contributed by atoms with Crippen molar-refractivity contribution in [1.29, 1.82) is 0 Å². The van der Waals surface area contributed by atoms with Gasteiger partial charge in [0.05, 0.1) is 6.61 Å². The zero-order chi connectivity index (χ0) is 17.2. The fourth-order valence-corrected chi connectivity index (χ4v) is 3.38. The predicted molar refractivity (Wildman–Crippen MR) is 94.1 cm³/mol. The van der Waals surface area contributed by atoms with Gasteiger partial charge in [0.1, 0.15) is 0 Å². The van der Waals surface area contributed by atoms with Crippen molar-refractivity contribution in [2.75, 3.05) is 24.6 Å². The lowest BCUT2D eigenvalue weighted by molar-refractivity contribution is 0.103. The molecule has 1 atom stereocenters.